The molecule has 2 rings (SSSR count). The first kappa shape index (κ1) is 11.6. The van der Waals surface area contributed by atoms with Crippen molar-refractivity contribution in [1.82, 2.24) is 0 Å². The van der Waals surface area contributed by atoms with Crippen LogP contribution in [0, 0.1) is 5.92 Å². The van der Waals surface area contributed by atoms with Crippen LogP contribution in [0.3, 0.4) is 0 Å². The number of para-hydroxylation sites is 1. The van der Waals surface area contributed by atoms with Crippen molar-refractivity contribution in [2.75, 3.05) is 5.33 Å². The van der Waals surface area contributed by atoms with Crippen LogP contribution in [0.15, 0.2) is 24.3 Å². The van der Waals surface area contributed by atoms with E-state index in [-0.39, 0.29) is 11.7 Å². The number of hydrogen-bond acceptors (Lipinski definition) is 2. The van der Waals surface area contributed by atoms with Crippen LogP contribution >= 0.6 is 15.9 Å². The zero-order chi connectivity index (χ0) is 11.8. The Labute approximate surface area is 104 Å². The number of ketones is 1. The van der Waals surface area contributed by atoms with Crippen molar-refractivity contribution in [3.63, 3.8) is 0 Å². The zero-order valence-corrected chi connectivity index (χ0v) is 11.1. The molecule has 2 nitrogen and oxygen atoms in total. The molecular weight excluding hydrogens is 268 g/mol. The Morgan fingerprint density at radius 3 is 2.88 bits per heavy atom. The Kier molecular flexibility index (Phi) is 3.06. The second-order valence-electron chi connectivity index (χ2n) is 4.67. The number of carbonyl (C=O) groups is 1. The number of benzene rings is 1. The van der Waals surface area contributed by atoms with Gasteiger partial charge >= 0.3 is 0 Å². The Morgan fingerprint density at radius 2 is 2.19 bits per heavy atom. The summed E-state index contributed by atoms with van der Waals surface area (Å²) >= 11 is 3.24. The minimum atomic E-state index is -0.417. The van der Waals surface area contributed by atoms with E-state index < -0.39 is 5.60 Å². The summed E-state index contributed by atoms with van der Waals surface area (Å²) in [5, 5.41) is 0.395. The van der Waals surface area contributed by atoms with Crippen molar-refractivity contribution < 1.29 is 9.53 Å². The summed E-state index contributed by atoms with van der Waals surface area (Å²) in [5.74, 6) is 1.05. The third-order valence-corrected chi connectivity index (χ3v) is 3.68. The molecule has 0 N–H and O–H groups in total. The third kappa shape index (κ3) is 2.01. The van der Waals surface area contributed by atoms with E-state index in [9.17, 15) is 4.79 Å². The highest BCUT2D eigenvalue weighted by molar-refractivity contribution is 9.09. The van der Waals surface area contributed by atoms with Gasteiger partial charge < -0.3 is 4.74 Å². The van der Waals surface area contributed by atoms with Gasteiger partial charge in [-0.25, -0.2) is 0 Å². The molecule has 1 aliphatic heterocycles. The quantitative estimate of drug-likeness (QED) is 0.780. The maximum Gasteiger partial charge on any atom is 0.150 e. The van der Waals surface area contributed by atoms with Gasteiger partial charge in [0.15, 0.2) is 5.78 Å². The molecule has 0 aliphatic carbocycles. The van der Waals surface area contributed by atoms with E-state index in [1.807, 2.05) is 38.1 Å². The molecule has 0 amide bonds. The van der Waals surface area contributed by atoms with Gasteiger partial charge in [-0.05, 0) is 31.9 Å². The first-order valence-electron chi connectivity index (χ1n) is 5.40. The predicted molar refractivity (Wildman–Crippen MR) is 67.1 cm³/mol. The highest BCUT2D eigenvalue weighted by atomic mass is 79.9. The number of fused-ring (bicyclic) bond motifs is 1. The summed E-state index contributed by atoms with van der Waals surface area (Å²) in [5.41, 5.74) is 0.709. The maximum atomic E-state index is 11.9. The van der Waals surface area contributed by atoms with Crippen LogP contribution in [0.4, 0.5) is 0 Å². The van der Waals surface area contributed by atoms with Crippen molar-refractivity contribution in [2.45, 2.75) is 25.9 Å². The van der Waals surface area contributed by atoms with Gasteiger partial charge in [0.25, 0.3) is 0 Å². The summed E-state index contributed by atoms with van der Waals surface area (Å²) < 4.78 is 5.91. The van der Waals surface area contributed by atoms with E-state index in [1.54, 1.807) is 0 Å². The van der Waals surface area contributed by atoms with E-state index in [1.165, 1.54) is 0 Å². The average molecular weight is 283 g/mol. The first-order valence-corrected chi connectivity index (χ1v) is 6.52. The lowest BCUT2D eigenvalue weighted by molar-refractivity contribution is -0.127. The van der Waals surface area contributed by atoms with Crippen molar-refractivity contribution >= 4 is 21.7 Å². The molecule has 16 heavy (non-hydrogen) atoms. The number of ether oxygens (including phenoxy) is 1. The van der Waals surface area contributed by atoms with Crippen LogP contribution in [0.2, 0.25) is 0 Å². The fraction of sp³-hybridized carbons (Fsp3) is 0.462. The van der Waals surface area contributed by atoms with Gasteiger partial charge in [0, 0.05) is 0 Å². The number of alkyl halides is 1. The fourth-order valence-corrected chi connectivity index (χ4v) is 2.58. The lowest BCUT2D eigenvalue weighted by Crippen LogP contribution is -2.46. The molecule has 1 heterocycles. The molecule has 0 bridgehead atoms. The molecule has 3 heteroatoms. The van der Waals surface area contributed by atoms with E-state index in [0.717, 1.165) is 17.7 Å². The minimum Gasteiger partial charge on any atom is -0.487 e. The normalized spacial score (nSPS) is 22.1. The van der Waals surface area contributed by atoms with Gasteiger partial charge in [0.05, 0.1) is 11.2 Å². The molecule has 0 saturated carbocycles. The maximum absolute atomic E-state index is 11.9. The highest BCUT2D eigenvalue weighted by Gasteiger charge is 2.40. The van der Waals surface area contributed by atoms with Crippen LogP contribution in [-0.4, -0.2) is 16.7 Å². The second-order valence-corrected chi connectivity index (χ2v) is 5.23. The van der Waals surface area contributed by atoms with E-state index in [4.69, 9.17) is 4.74 Å². The number of rotatable bonds is 2. The molecule has 1 aromatic carbocycles. The molecule has 1 atom stereocenters. The monoisotopic (exact) mass is 282 g/mol. The molecule has 1 unspecified atom stereocenters. The van der Waals surface area contributed by atoms with Gasteiger partial charge in [0.2, 0.25) is 0 Å². The summed E-state index contributed by atoms with van der Waals surface area (Å²) in [6.07, 6.45) is 0.771. The lowest BCUT2D eigenvalue weighted by atomic mass is 9.80. The SMILES string of the molecule is CC1(C)Oc2ccccc2CC1C(=O)CBr. The number of hydrogen-bond donors (Lipinski definition) is 0. The average Bonchev–Trinajstić information content (AvgIpc) is 2.26. The van der Waals surface area contributed by atoms with E-state index in [0.29, 0.717) is 5.33 Å². The number of halogens is 1. The molecule has 0 radical (unpaired) electrons. The van der Waals surface area contributed by atoms with E-state index in [2.05, 4.69) is 15.9 Å². The highest BCUT2D eigenvalue weighted by Crippen LogP contribution is 2.37. The summed E-state index contributed by atoms with van der Waals surface area (Å²) in [6, 6.07) is 7.93. The standard InChI is InChI=1S/C13H15BrO2/c1-13(2)10(11(15)8-14)7-9-5-3-4-6-12(9)16-13/h3-6,10H,7-8H2,1-2H3. The minimum absolute atomic E-state index is 0.0678. The molecule has 0 saturated heterocycles. The van der Waals surface area contributed by atoms with Gasteiger partial charge in [-0.2, -0.15) is 0 Å². The molecule has 86 valence electrons. The van der Waals surface area contributed by atoms with Gasteiger partial charge in [0.1, 0.15) is 11.4 Å². The van der Waals surface area contributed by atoms with Crippen LogP contribution in [-0.2, 0) is 11.2 Å². The fourth-order valence-electron chi connectivity index (χ4n) is 2.19. The van der Waals surface area contributed by atoms with Crippen molar-refractivity contribution in [3.05, 3.63) is 29.8 Å². The van der Waals surface area contributed by atoms with Crippen LogP contribution in [0.25, 0.3) is 0 Å². The smallest absolute Gasteiger partial charge is 0.150 e. The Balaban J connectivity index is 2.35. The van der Waals surface area contributed by atoms with Crippen LogP contribution < -0.4 is 4.74 Å². The zero-order valence-electron chi connectivity index (χ0n) is 9.50. The lowest BCUT2D eigenvalue weighted by Gasteiger charge is -2.38. The van der Waals surface area contributed by atoms with Crippen molar-refractivity contribution in [1.29, 1.82) is 0 Å². The molecular formula is C13H15BrO2. The van der Waals surface area contributed by atoms with Gasteiger partial charge in [-0.3, -0.25) is 4.79 Å². The van der Waals surface area contributed by atoms with Crippen molar-refractivity contribution in [3.8, 4) is 5.75 Å². The Hall–Kier alpha value is -0.830. The first-order chi connectivity index (χ1) is 7.54. The molecule has 0 aromatic heterocycles. The number of Topliss-reactive ketones (excluding diaryl/α,β-unsaturated/α-hetero) is 1. The van der Waals surface area contributed by atoms with Crippen molar-refractivity contribution in [2.24, 2.45) is 5.92 Å². The summed E-state index contributed by atoms with van der Waals surface area (Å²) in [6.45, 7) is 3.96. The molecule has 1 aliphatic rings. The third-order valence-electron chi connectivity index (χ3n) is 3.13. The van der Waals surface area contributed by atoms with E-state index >= 15 is 0 Å². The predicted octanol–water partition coefficient (Wildman–Crippen LogP) is 2.98. The second kappa shape index (κ2) is 4.21. The Morgan fingerprint density at radius 1 is 1.50 bits per heavy atom. The topological polar surface area (TPSA) is 26.3 Å². The Bertz CT molecular complexity index is 412. The summed E-state index contributed by atoms with van der Waals surface area (Å²) in [4.78, 5) is 11.9. The molecule has 0 spiro atoms. The molecule has 0 fully saturated rings. The molecule has 1 aromatic rings. The number of carbonyl (C=O) groups excluding carboxylic acids is 1. The largest absolute Gasteiger partial charge is 0.487 e. The van der Waals surface area contributed by atoms with Crippen LogP contribution in [0.5, 0.6) is 5.75 Å². The summed E-state index contributed by atoms with van der Waals surface area (Å²) in [7, 11) is 0. The van der Waals surface area contributed by atoms with Crippen LogP contribution in [0.1, 0.15) is 19.4 Å². The van der Waals surface area contributed by atoms with Gasteiger partial charge in [-0.1, -0.05) is 34.1 Å². The van der Waals surface area contributed by atoms with Gasteiger partial charge in [-0.15, -0.1) is 0 Å².